The average Bonchev–Trinajstić information content (AvgIpc) is 3.21. The minimum absolute atomic E-state index is 0.0952. The maximum Gasteiger partial charge on any atom is 0.338 e. The van der Waals surface area contributed by atoms with E-state index in [4.69, 9.17) is 13.9 Å². The first kappa shape index (κ1) is 17.1. The van der Waals surface area contributed by atoms with Crippen molar-refractivity contribution in [1.29, 1.82) is 0 Å². The number of hydrogen-bond donors (Lipinski definition) is 0. The van der Waals surface area contributed by atoms with Crippen molar-refractivity contribution in [3.63, 3.8) is 0 Å². The SMILES string of the molecule is COc1ccc(C(=O)OCc2nnc(-c3ccc(Br)s3)o2)cc1Br. The van der Waals surface area contributed by atoms with E-state index in [1.54, 1.807) is 25.3 Å². The fourth-order valence-electron chi connectivity index (χ4n) is 1.84. The van der Waals surface area contributed by atoms with Crippen LogP contribution in [0.25, 0.3) is 10.8 Å². The van der Waals surface area contributed by atoms with Gasteiger partial charge in [-0.3, -0.25) is 0 Å². The fraction of sp³-hybridized carbons (Fsp3) is 0.133. The molecule has 24 heavy (non-hydrogen) atoms. The van der Waals surface area contributed by atoms with Crippen LogP contribution in [0.2, 0.25) is 0 Å². The third kappa shape index (κ3) is 3.85. The summed E-state index contributed by atoms with van der Waals surface area (Å²) < 4.78 is 17.4. The zero-order valence-corrected chi connectivity index (χ0v) is 16.3. The fourth-order valence-corrected chi connectivity index (χ4v) is 3.69. The molecule has 3 rings (SSSR count). The number of ether oxygens (including phenoxy) is 2. The summed E-state index contributed by atoms with van der Waals surface area (Å²) in [6.45, 7) is -0.0952. The van der Waals surface area contributed by atoms with E-state index >= 15 is 0 Å². The zero-order valence-electron chi connectivity index (χ0n) is 12.3. The Kier molecular flexibility index (Phi) is 5.32. The number of nitrogens with zero attached hydrogens (tertiary/aromatic N) is 2. The van der Waals surface area contributed by atoms with E-state index in [9.17, 15) is 4.79 Å². The van der Waals surface area contributed by atoms with Gasteiger partial charge < -0.3 is 13.9 Å². The molecule has 0 amide bonds. The molecular formula is C15H10Br2N2O4S. The molecule has 1 aromatic carbocycles. The molecule has 2 aromatic heterocycles. The second-order valence-corrected chi connectivity index (χ2v) is 7.85. The van der Waals surface area contributed by atoms with Gasteiger partial charge in [0.05, 0.1) is 25.8 Å². The number of thiophene rings is 1. The molecule has 124 valence electrons. The molecular weight excluding hydrogens is 464 g/mol. The molecule has 2 heterocycles. The van der Waals surface area contributed by atoms with Crippen molar-refractivity contribution in [1.82, 2.24) is 10.2 Å². The number of esters is 1. The van der Waals surface area contributed by atoms with Crippen LogP contribution in [0.3, 0.4) is 0 Å². The lowest BCUT2D eigenvalue weighted by Gasteiger charge is -2.06. The van der Waals surface area contributed by atoms with Crippen molar-refractivity contribution in [3.05, 3.63) is 50.0 Å². The van der Waals surface area contributed by atoms with Gasteiger partial charge in [-0.05, 0) is 62.2 Å². The van der Waals surface area contributed by atoms with Crippen LogP contribution in [-0.2, 0) is 11.3 Å². The molecule has 0 saturated heterocycles. The highest BCUT2D eigenvalue weighted by Gasteiger charge is 2.14. The Labute approximate surface area is 158 Å². The van der Waals surface area contributed by atoms with Crippen molar-refractivity contribution in [2.75, 3.05) is 7.11 Å². The third-order valence-electron chi connectivity index (χ3n) is 2.97. The van der Waals surface area contributed by atoms with E-state index in [1.807, 2.05) is 12.1 Å². The monoisotopic (exact) mass is 472 g/mol. The van der Waals surface area contributed by atoms with Crippen molar-refractivity contribution in [2.24, 2.45) is 0 Å². The van der Waals surface area contributed by atoms with Gasteiger partial charge in [-0.25, -0.2) is 4.79 Å². The van der Waals surface area contributed by atoms with E-state index in [0.717, 1.165) is 8.66 Å². The van der Waals surface area contributed by atoms with Gasteiger partial charge in [0, 0.05) is 0 Å². The average molecular weight is 474 g/mol. The number of hydrogen-bond acceptors (Lipinski definition) is 7. The minimum atomic E-state index is -0.489. The van der Waals surface area contributed by atoms with Crippen LogP contribution in [-0.4, -0.2) is 23.3 Å². The van der Waals surface area contributed by atoms with Crippen molar-refractivity contribution in [2.45, 2.75) is 6.61 Å². The number of aromatic nitrogens is 2. The molecule has 0 fully saturated rings. The molecule has 3 aromatic rings. The highest BCUT2D eigenvalue weighted by Crippen LogP contribution is 2.30. The summed E-state index contributed by atoms with van der Waals surface area (Å²) in [6.07, 6.45) is 0. The maximum absolute atomic E-state index is 12.1. The van der Waals surface area contributed by atoms with Gasteiger partial charge in [-0.2, -0.15) is 0 Å². The van der Waals surface area contributed by atoms with Gasteiger partial charge in [0.2, 0.25) is 0 Å². The molecule has 0 aliphatic rings. The zero-order chi connectivity index (χ0) is 17.1. The molecule has 9 heteroatoms. The topological polar surface area (TPSA) is 74.5 Å². The van der Waals surface area contributed by atoms with Crippen LogP contribution in [0.4, 0.5) is 0 Å². The van der Waals surface area contributed by atoms with Crippen molar-refractivity contribution < 1.29 is 18.7 Å². The Hall–Kier alpha value is -1.71. The van der Waals surface area contributed by atoms with E-state index in [1.165, 1.54) is 11.3 Å². The molecule has 0 saturated carbocycles. The Morgan fingerprint density at radius 1 is 1.25 bits per heavy atom. The lowest BCUT2D eigenvalue weighted by atomic mass is 10.2. The number of methoxy groups -OCH3 is 1. The summed E-state index contributed by atoms with van der Waals surface area (Å²) in [6, 6.07) is 8.69. The predicted octanol–water partition coefficient (Wildman–Crippen LogP) is 4.69. The molecule has 0 unspecified atom stereocenters. The number of halogens is 2. The van der Waals surface area contributed by atoms with Crippen molar-refractivity contribution >= 4 is 49.2 Å². The summed E-state index contributed by atoms with van der Waals surface area (Å²) >= 11 is 8.18. The molecule has 0 aliphatic carbocycles. The second-order valence-electron chi connectivity index (χ2n) is 4.53. The smallest absolute Gasteiger partial charge is 0.338 e. The molecule has 0 atom stereocenters. The Bertz CT molecular complexity index is 878. The summed E-state index contributed by atoms with van der Waals surface area (Å²) in [5.41, 5.74) is 0.393. The first-order chi connectivity index (χ1) is 11.6. The first-order valence-corrected chi connectivity index (χ1v) is 9.06. The van der Waals surface area contributed by atoms with E-state index in [0.29, 0.717) is 21.7 Å². The van der Waals surface area contributed by atoms with Crippen LogP contribution in [0.15, 0.2) is 43.0 Å². The normalized spacial score (nSPS) is 10.6. The quantitative estimate of drug-likeness (QED) is 0.500. The second kappa shape index (κ2) is 7.45. The Morgan fingerprint density at radius 3 is 2.75 bits per heavy atom. The summed E-state index contributed by atoms with van der Waals surface area (Å²) in [5, 5.41) is 7.83. The molecule has 0 spiro atoms. The van der Waals surface area contributed by atoms with Gasteiger partial charge in [0.1, 0.15) is 5.75 Å². The summed E-state index contributed by atoms with van der Waals surface area (Å²) in [4.78, 5) is 12.9. The summed E-state index contributed by atoms with van der Waals surface area (Å²) in [5.74, 6) is 0.770. The van der Waals surface area contributed by atoms with Crippen LogP contribution >= 0.6 is 43.2 Å². The van der Waals surface area contributed by atoms with Crippen LogP contribution in [0.5, 0.6) is 5.75 Å². The maximum atomic E-state index is 12.1. The van der Waals surface area contributed by atoms with Crippen LogP contribution < -0.4 is 4.74 Å². The Balaban J connectivity index is 1.64. The van der Waals surface area contributed by atoms with E-state index in [-0.39, 0.29) is 12.5 Å². The van der Waals surface area contributed by atoms with E-state index < -0.39 is 5.97 Å². The number of rotatable bonds is 5. The predicted molar refractivity (Wildman–Crippen MR) is 95.1 cm³/mol. The summed E-state index contributed by atoms with van der Waals surface area (Å²) in [7, 11) is 1.55. The van der Waals surface area contributed by atoms with Gasteiger partial charge in [0.25, 0.3) is 11.8 Å². The van der Waals surface area contributed by atoms with Crippen LogP contribution in [0, 0.1) is 0 Å². The largest absolute Gasteiger partial charge is 0.496 e. The number of carbonyl (C=O) groups excluding carboxylic acids is 1. The van der Waals surface area contributed by atoms with Gasteiger partial charge in [-0.1, -0.05) is 0 Å². The number of benzene rings is 1. The minimum Gasteiger partial charge on any atom is -0.496 e. The first-order valence-electron chi connectivity index (χ1n) is 6.65. The lowest BCUT2D eigenvalue weighted by Crippen LogP contribution is -2.05. The molecule has 0 N–H and O–H groups in total. The molecule has 0 radical (unpaired) electrons. The number of carbonyl (C=O) groups is 1. The van der Waals surface area contributed by atoms with Crippen molar-refractivity contribution in [3.8, 4) is 16.5 Å². The molecule has 6 nitrogen and oxygen atoms in total. The molecule has 0 bridgehead atoms. The van der Waals surface area contributed by atoms with Gasteiger partial charge >= 0.3 is 5.97 Å². The lowest BCUT2D eigenvalue weighted by molar-refractivity contribution is 0.0438. The van der Waals surface area contributed by atoms with Crippen LogP contribution in [0.1, 0.15) is 16.2 Å². The third-order valence-corrected chi connectivity index (χ3v) is 5.20. The highest BCUT2D eigenvalue weighted by molar-refractivity contribution is 9.11. The van der Waals surface area contributed by atoms with E-state index in [2.05, 4.69) is 42.1 Å². The highest BCUT2D eigenvalue weighted by atomic mass is 79.9. The van der Waals surface area contributed by atoms with Gasteiger partial charge in [0.15, 0.2) is 6.61 Å². The Morgan fingerprint density at radius 2 is 2.08 bits per heavy atom. The van der Waals surface area contributed by atoms with Gasteiger partial charge in [-0.15, -0.1) is 21.5 Å². The standard InChI is InChI=1S/C15H10Br2N2O4S/c1-21-10-3-2-8(6-9(10)16)15(20)22-7-13-18-19-14(23-13)11-4-5-12(17)24-11/h2-6H,7H2,1H3. The molecule has 0 aliphatic heterocycles.